The number of alkyl halides is 1. The Morgan fingerprint density at radius 3 is 2.47 bits per heavy atom. The van der Waals surface area contributed by atoms with E-state index in [-0.39, 0.29) is 10.6 Å². The van der Waals surface area contributed by atoms with Crippen LogP contribution >= 0.6 is 61.7 Å². The molecule has 2 aromatic carbocycles. The van der Waals surface area contributed by atoms with Crippen LogP contribution in [0.2, 0.25) is 10.0 Å². The summed E-state index contributed by atoms with van der Waals surface area (Å²) in [4.78, 5) is -0.117. The minimum Gasteiger partial charge on any atom is -0.207 e. The molecule has 5 heteroatoms. The maximum absolute atomic E-state index is 13.4. The molecule has 0 aliphatic heterocycles. The molecule has 0 spiro atoms. The van der Waals surface area contributed by atoms with Gasteiger partial charge in [-0.25, -0.2) is 4.39 Å². The van der Waals surface area contributed by atoms with Crippen LogP contribution in [0.5, 0.6) is 0 Å². The molecule has 1 unspecified atom stereocenters. The highest BCUT2D eigenvalue weighted by Crippen LogP contribution is 2.37. The van der Waals surface area contributed by atoms with Crippen LogP contribution in [-0.4, -0.2) is 0 Å². The zero-order valence-electron chi connectivity index (χ0n) is 9.85. The topological polar surface area (TPSA) is 0 Å². The van der Waals surface area contributed by atoms with Gasteiger partial charge in [0.05, 0.1) is 9.85 Å². The highest BCUT2D eigenvalue weighted by atomic mass is 127. The van der Waals surface area contributed by atoms with Crippen LogP contribution in [0, 0.1) is 16.3 Å². The van der Waals surface area contributed by atoms with E-state index in [1.807, 2.05) is 18.2 Å². The van der Waals surface area contributed by atoms with E-state index < -0.39 is 0 Å². The van der Waals surface area contributed by atoms with Crippen molar-refractivity contribution in [3.05, 3.63) is 66.5 Å². The maximum atomic E-state index is 13.4. The van der Waals surface area contributed by atoms with Gasteiger partial charge in [0.2, 0.25) is 0 Å². The monoisotopic (exact) mass is 472 g/mol. The number of halogens is 5. The number of rotatable bonds is 2. The zero-order chi connectivity index (χ0) is 14.2. The van der Waals surface area contributed by atoms with Crippen molar-refractivity contribution in [1.82, 2.24) is 0 Å². The Labute approximate surface area is 143 Å². The van der Waals surface area contributed by atoms with Crippen molar-refractivity contribution in [2.24, 2.45) is 0 Å². The van der Waals surface area contributed by atoms with E-state index in [0.717, 1.165) is 14.7 Å². The fraction of sp³-hybridized carbons (Fsp3) is 0.143. The van der Waals surface area contributed by atoms with Gasteiger partial charge in [-0.2, -0.15) is 0 Å². The van der Waals surface area contributed by atoms with Crippen LogP contribution < -0.4 is 0 Å². The zero-order valence-corrected chi connectivity index (χ0v) is 15.1. The van der Waals surface area contributed by atoms with Crippen molar-refractivity contribution in [3.8, 4) is 0 Å². The fourth-order valence-electron chi connectivity index (χ4n) is 1.72. The molecule has 19 heavy (non-hydrogen) atoms. The molecule has 1 atom stereocenters. The van der Waals surface area contributed by atoms with Crippen molar-refractivity contribution < 1.29 is 4.39 Å². The van der Waals surface area contributed by atoms with Crippen LogP contribution in [-0.2, 0) is 0 Å². The van der Waals surface area contributed by atoms with Crippen LogP contribution in [0.1, 0.15) is 21.5 Å². The predicted molar refractivity (Wildman–Crippen MR) is 91.1 cm³/mol. The van der Waals surface area contributed by atoms with Gasteiger partial charge in [-0.1, -0.05) is 51.3 Å². The molecule has 2 rings (SSSR count). The summed E-state index contributed by atoms with van der Waals surface area (Å²) in [6.07, 6.45) is 0. The van der Waals surface area contributed by atoms with E-state index in [2.05, 4.69) is 38.5 Å². The van der Waals surface area contributed by atoms with Gasteiger partial charge in [-0.3, -0.25) is 0 Å². The summed E-state index contributed by atoms with van der Waals surface area (Å²) in [5, 5.41) is 1.09. The third-order valence-corrected chi connectivity index (χ3v) is 5.71. The molecule has 0 N–H and O–H groups in total. The first-order valence-corrected chi connectivity index (χ1v) is 8.19. The molecule has 0 aromatic heterocycles. The first kappa shape index (κ1) is 15.5. The Hall–Kier alpha value is 0.160. The van der Waals surface area contributed by atoms with Crippen molar-refractivity contribution in [3.63, 3.8) is 0 Å². The van der Waals surface area contributed by atoms with Gasteiger partial charge < -0.3 is 0 Å². The summed E-state index contributed by atoms with van der Waals surface area (Å²) in [5.74, 6) is -0.297. The Balaban J connectivity index is 2.46. The molecule has 0 nitrogen and oxygen atoms in total. The standard InChI is InChI=1S/C14H9BrCl2FI/c1-7-4-9(10(16)6-12(7)18)14(15)8-2-3-13(19)11(17)5-8/h2-6,14H,1H3. The van der Waals surface area contributed by atoms with Gasteiger partial charge in [0.1, 0.15) is 5.82 Å². The molecule has 2 aromatic rings. The summed E-state index contributed by atoms with van der Waals surface area (Å²) < 4.78 is 14.4. The van der Waals surface area contributed by atoms with Crippen LogP contribution in [0.15, 0.2) is 30.3 Å². The highest BCUT2D eigenvalue weighted by molar-refractivity contribution is 14.1. The third-order valence-electron chi connectivity index (χ3n) is 2.79. The van der Waals surface area contributed by atoms with E-state index in [9.17, 15) is 4.39 Å². The normalized spacial score (nSPS) is 12.5. The Morgan fingerprint density at radius 1 is 1.16 bits per heavy atom. The molecule has 0 radical (unpaired) electrons. The molecule has 0 aliphatic rings. The third kappa shape index (κ3) is 3.43. The summed E-state index contributed by atoms with van der Waals surface area (Å²) in [6.45, 7) is 1.72. The molecule has 0 amide bonds. The van der Waals surface area contributed by atoms with Crippen molar-refractivity contribution in [2.45, 2.75) is 11.8 Å². The second-order valence-electron chi connectivity index (χ2n) is 4.16. The average molecular weight is 474 g/mol. The molecular weight excluding hydrogens is 465 g/mol. The van der Waals surface area contributed by atoms with Gasteiger partial charge in [-0.05, 0) is 64.4 Å². The van der Waals surface area contributed by atoms with Crippen LogP contribution in [0.4, 0.5) is 4.39 Å². The Kier molecular flexibility index (Phi) is 5.15. The largest absolute Gasteiger partial charge is 0.207 e. The number of benzene rings is 2. The Bertz CT molecular complexity index is 631. The Morgan fingerprint density at radius 2 is 1.84 bits per heavy atom. The number of aryl methyl sites for hydroxylation is 1. The maximum Gasteiger partial charge on any atom is 0.127 e. The molecule has 0 aliphatic carbocycles. The smallest absolute Gasteiger partial charge is 0.127 e. The number of hydrogen-bond donors (Lipinski definition) is 0. The first-order chi connectivity index (χ1) is 8.90. The van der Waals surface area contributed by atoms with E-state index in [0.29, 0.717) is 15.6 Å². The lowest BCUT2D eigenvalue weighted by atomic mass is 10.0. The molecule has 0 saturated heterocycles. The summed E-state index contributed by atoms with van der Waals surface area (Å²) in [7, 11) is 0. The number of hydrogen-bond acceptors (Lipinski definition) is 0. The van der Waals surface area contributed by atoms with E-state index in [1.54, 1.807) is 13.0 Å². The van der Waals surface area contributed by atoms with E-state index >= 15 is 0 Å². The average Bonchev–Trinajstić information content (AvgIpc) is 2.36. The lowest BCUT2D eigenvalue weighted by Gasteiger charge is -2.14. The fourth-order valence-corrected chi connectivity index (χ4v) is 3.30. The lowest BCUT2D eigenvalue weighted by Crippen LogP contribution is -1.97. The van der Waals surface area contributed by atoms with Crippen LogP contribution in [0.25, 0.3) is 0 Å². The van der Waals surface area contributed by atoms with Gasteiger partial charge in [-0.15, -0.1) is 0 Å². The van der Waals surface area contributed by atoms with Crippen molar-refractivity contribution in [1.29, 1.82) is 0 Å². The van der Waals surface area contributed by atoms with Gasteiger partial charge in [0.25, 0.3) is 0 Å². The quantitative estimate of drug-likeness (QED) is 0.343. The second-order valence-corrected chi connectivity index (χ2v) is 7.05. The van der Waals surface area contributed by atoms with E-state index in [4.69, 9.17) is 23.2 Å². The van der Waals surface area contributed by atoms with Crippen molar-refractivity contribution >= 4 is 61.7 Å². The predicted octanol–water partition coefficient (Wildman–Crippen LogP) is 6.53. The molecule has 100 valence electrons. The van der Waals surface area contributed by atoms with Gasteiger partial charge >= 0.3 is 0 Å². The van der Waals surface area contributed by atoms with E-state index in [1.165, 1.54) is 6.07 Å². The highest BCUT2D eigenvalue weighted by Gasteiger charge is 2.16. The first-order valence-electron chi connectivity index (χ1n) is 5.44. The summed E-state index contributed by atoms with van der Waals surface area (Å²) in [6, 6.07) is 8.90. The molecule has 0 fully saturated rings. The van der Waals surface area contributed by atoms with Gasteiger partial charge in [0, 0.05) is 8.59 Å². The second kappa shape index (κ2) is 6.29. The lowest BCUT2D eigenvalue weighted by molar-refractivity contribution is 0.618. The van der Waals surface area contributed by atoms with Gasteiger partial charge in [0.15, 0.2) is 0 Å². The van der Waals surface area contributed by atoms with Crippen molar-refractivity contribution in [2.75, 3.05) is 0 Å². The molecule has 0 saturated carbocycles. The summed E-state index contributed by atoms with van der Waals surface area (Å²) in [5.41, 5.74) is 2.39. The minimum atomic E-state index is -0.297. The molecule has 0 heterocycles. The van der Waals surface area contributed by atoms with Crippen LogP contribution in [0.3, 0.4) is 0 Å². The SMILES string of the molecule is Cc1cc(C(Br)c2ccc(I)c(Cl)c2)c(Cl)cc1F. The molecular formula is C14H9BrCl2FI. The molecule has 0 bridgehead atoms. The summed E-state index contributed by atoms with van der Waals surface area (Å²) >= 11 is 18.0. The minimum absolute atomic E-state index is 0.117.